The van der Waals surface area contributed by atoms with Gasteiger partial charge in [0.2, 0.25) is 0 Å². The molecule has 1 N–H and O–H groups in total. The molecule has 0 radical (unpaired) electrons. The summed E-state index contributed by atoms with van der Waals surface area (Å²) in [4.78, 5) is 11.9. The zero-order valence-corrected chi connectivity index (χ0v) is 12.4. The van der Waals surface area contributed by atoms with E-state index < -0.39 is 0 Å². The first-order chi connectivity index (χ1) is 8.63. The molecule has 0 aliphatic carbocycles. The number of hydrogen-bond acceptors (Lipinski definition) is 4. The number of H-pyrrole nitrogens is 1. The first-order valence-electron chi connectivity index (χ1n) is 5.33. The molecule has 0 atom stereocenters. The van der Waals surface area contributed by atoms with Crippen molar-refractivity contribution in [1.82, 2.24) is 15.0 Å². The van der Waals surface area contributed by atoms with Crippen LogP contribution in [0.4, 0.5) is 0 Å². The Morgan fingerprint density at radius 2 is 2.28 bits per heavy atom. The normalized spacial score (nSPS) is 10.6. The number of pyridine rings is 1. The van der Waals surface area contributed by atoms with E-state index in [0.29, 0.717) is 17.1 Å². The van der Waals surface area contributed by atoms with Gasteiger partial charge in [0.15, 0.2) is 5.82 Å². The molecular formula is C12H12BrN3OS. The number of ether oxygens (including phenoxy) is 1. The molecule has 2 heterocycles. The van der Waals surface area contributed by atoms with E-state index in [9.17, 15) is 0 Å². The number of halogens is 1. The maximum Gasteiger partial charge on any atom is 0.158 e. The third-order valence-corrected chi connectivity index (χ3v) is 3.87. The second-order valence-electron chi connectivity index (χ2n) is 3.79. The van der Waals surface area contributed by atoms with Gasteiger partial charge >= 0.3 is 0 Å². The predicted octanol–water partition coefficient (Wildman–Crippen LogP) is 3.42. The molecule has 6 heteroatoms. The van der Waals surface area contributed by atoms with Crippen molar-refractivity contribution in [2.75, 3.05) is 7.11 Å². The average Bonchev–Trinajstić information content (AvgIpc) is 2.35. The number of methoxy groups -OCH3 is 1. The summed E-state index contributed by atoms with van der Waals surface area (Å²) >= 11 is 8.63. The molecule has 2 aromatic heterocycles. The first-order valence-corrected chi connectivity index (χ1v) is 6.53. The smallest absolute Gasteiger partial charge is 0.158 e. The predicted molar refractivity (Wildman–Crippen MR) is 75.8 cm³/mol. The van der Waals surface area contributed by atoms with Crippen LogP contribution in [0.15, 0.2) is 22.8 Å². The quantitative estimate of drug-likeness (QED) is 0.878. The van der Waals surface area contributed by atoms with E-state index in [2.05, 4.69) is 30.9 Å². The average molecular weight is 326 g/mol. The summed E-state index contributed by atoms with van der Waals surface area (Å²) in [5, 5.41) is 0. The summed E-state index contributed by atoms with van der Waals surface area (Å²) in [6, 6.07) is 3.88. The summed E-state index contributed by atoms with van der Waals surface area (Å²) < 4.78 is 6.39. The Hall–Kier alpha value is -1.11. The third-order valence-electron chi connectivity index (χ3n) is 2.46. The lowest BCUT2D eigenvalue weighted by molar-refractivity contribution is 0.181. The number of rotatable bonds is 3. The molecule has 0 saturated heterocycles. The number of aromatic amines is 1. The Kier molecular flexibility index (Phi) is 4.21. The lowest BCUT2D eigenvalue weighted by atomic mass is 10.2. The molecule has 0 aliphatic rings. The molecule has 18 heavy (non-hydrogen) atoms. The van der Waals surface area contributed by atoms with Crippen LogP contribution in [0.3, 0.4) is 0 Å². The van der Waals surface area contributed by atoms with Gasteiger partial charge in [0, 0.05) is 13.3 Å². The van der Waals surface area contributed by atoms with Gasteiger partial charge < -0.3 is 9.72 Å². The summed E-state index contributed by atoms with van der Waals surface area (Å²) in [7, 11) is 1.63. The van der Waals surface area contributed by atoms with Gasteiger partial charge in [-0.3, -0.25) is 4.98 Å². The highest BCUT2D eigenvalue weighted by molar-refractivity contribution is 9.10. The van der Waals surface area contributed by atoms with Crippen LogP contribution < -0.4 is 0 Å². The van der Waals surface area contributed by atoms with Crippen LogP contribution in [0.25, 0.3) is 11.5 Å². The molecule has 0 bridgehead atoms. The van der Waals surface area contributed by atoms with E-state index in [1.54, 1.807) is 13.3 Å². The molecule has 2 aromatic rings. The molecule has 0 amide bonds. The fourth-order valence-corrected chi connectivity index (χ4v) is 2.11. The molecule has 0 unspecified atom stereocenters. The van der Waals surface area contributed by atoms with Crippen LogP contribution in [-0.4, -0.2) is 22.1 Å². The van der Waals surface area contributed by atoms with E-state index >= 15 is 0 Å². The fraction of sp³-hybridized carbons (Fsp3) is 0.250. The van der Waals surface area contributed by atoms with Crippen LogP contribution in [0.1, 0.15) is 11.3 Å². The monoisotopic (exact) mass is 325 g/mol. The number of nitrogens with zero attached hydrogens (tertiary/aromatic N) is 2. The Balaban J connectivity index is 2.59. The van der Waals surface area contributed by atoms with Gasteiger partial charge in [-0.2, -0.15) is 0 Å². The summed E-state index contributed by atoms with van der Waals surface area (Å²) in [5.41, 5.74) is 2.70. The third kappa shape index (κ3) is 2.66. The van der Waals surface area contributed by atoms with E-state index in [1.807, 2.05) is 19.1 Å². The van der Waals surface area contributed by atoms with Gasteiger partial charge in [0.25, 0.3) is 0 Å². The van der Waals surface area contributed by atoms with Crippen molar-refractivity contribution in [2.24, 2.45) is 0 Å². The highest BCUT2D eigenvalue weighted by Gasteiger charge is 2.10. The summed E-state index contributed by atoms with van der Waals surface area (Å²) in [6.07, 6.45) is 1.74. The Morgan fingerprint density at radius 1 is 1.50 bits per heavy atom. The Labute approximate surface area is 119 Å². The minimum Gasteiger partial charge on any atom is -0.378 e. The minimum absolute atomic E-state index is 0.436. The molecule has 2 rings (SSSR count). The number of aromatic nitrogens is 3. The standard InChI is InChI=1S/C12H12BrN3OS/c1-7-4-3-5-14-10(7)11-15-8(6-17-2)9(13)12(18)16-11/h3-5H,6H2,1-2H3,(H,15,16,18). The van der Waals surface area contributed by atoms with Gasteiger partial charge in [0.1, 0.15) is 10.3 Å². The number of aryl methyl sites for hydroxylation is 1. The van der Waals surface area contributed by atoms with Crippen molar-refractivity contribution in [2.45, 2.75) is 13.5 Å². The molecule has 0 spiro atoms. The molecule has 0 fully saturated rings. The molecule has 0 aromatic carbocycles. The number of hydrogen-bond donors (Lipinski definition) is 1. The van der Waals surface area contributed by atoms with Crippen LogP contribution in [0.5, 0.6) is 0 Å². The largest absolute Gasteiger partial charge is 0.378 e. The lowest BCUT2D eigenvalue weighted by Gasteiger charge is -2.08. The van der Waals surface area contributed by atoms with E-state index in [0.717, 1.165) is 21.4 Å². The van der Waals surface area contributed by atoms with Crippen LogP contribution in [-0.2, 0) is 11.3 Å². The summed E-state index contributed by atoms with van der Waals surface area (Å²) in [6.45, 7) is 2.42. The Morgan fingerprint density at radius 3 is 2.94 bits per heavy atom. The van der Waals surface area contributed by atoms with Gasteiger partial charge in [-0.25, -0.2) is 4.98 Å². The second kappa shape index (κ2) is 5.69. The summed E-state index contributed by atoms with van der Waals surface area (Å²) in [5.74, 6) is 0.661. The SMILES string of the molecule is COCc1[nH]c(-c2ncccc2C)nc(=S)c1Br. The topological polar surface area (TPSA) is 50.8 Å². The van der Waals surface area contributed by atoms with Gasteiger partial charge in [-0.1, -0.05) is 18.3 Å². The van der Waals surface area contributed by atoms with E-state index in [4.69, 9.17) is 17.0 Å². The lowest BCUT2D eigenvalue weighted by Crippen LogP contribution is -2.01. The molecule has 94 valence electrons. The fourth-order valence-electron chi connectivity index (χ4n) is 1.59. The molecular weight excluding hydrogens is 314 g/mol. The first kappa shape index (κ1) is 13.3. The maximum atomic E-state index is 5.22. The zero-order chi connectivity index (χ0) is 13.1. The highest BCUT2D eigenvalue weighted by Crippen LogP contribution is 2.22. The van der Waals surface area contributed by atoms with Crippen LogP contribution in [0.2, 0.25) is 0 Å². The molecule has 4 nitrogen and oxygen atoms in total. The van der Waals surface area contributed by atoms with Crippen molar-refractivity contribution >= 4 is 28.1 Å². The van der Waals surface area contributed by atoms with Gasteiger partial charge in [-0.15, -0.1) is 0 Å². The zero-order valence-electron chi connectivity index (χ0n) is 10.0. The minimum atomic E-state index is 0.436. The van der Waals surface area contributed by atoms with Crippen molar-refractivity contribution in [3.05, 3.63) is 38.7 Å². The number of nitrogens with one attached hydrogen (secondary N) is 1. The van der Waals surface area contributed by atoms with Crippen molar-refractivity contribution < 1.29 is 4.74 Å². The van der Waals surface area contributed by atoms with Crippen molar-refractivity contribution in [3.8, 4) is 11.5 Å². The molecule has 0 aliphatic heterocycles. The highest BCUT2D eigenvalue weighted by atomic mass is 79.9. The van der Waals surface area contributed by atoms with Gasteiger partial charge in [-0.05, 0) is 34.5 Å². The van der Waals surface area contributed by atoms with Crippen LogP contribution in [0, 0.1) is 11.6 Å². The van der Waals surface area contributed by atoms with Crippen molar-refractivity contribution in [1.29, 1.82) is 0 Å². The molecule has 0 saturated carbocycles. The van der Waals surface area contributed by atoms with Crippen molar-refractivity contribution in [3.63, 3.8) is 0 Å². The van der Waals surface area contributed by atoms with Gasteiger partial charge in [0.05, 0.1) is 16.8 Å². The Bertz CT molecular complexity index is 627. The maximum absolute atomic E-state index is 5.22. The van der Waals surface area contributed by atoms with Crippen LogP contribution >= 0.6 is 28.1 Å². The second-order valence-corrected chi connectivity index (χ2v) is 4.96. The van der Waals surface area contributed by atoms with E-state index in [1.165, 1.54) is 0 Å². The van der Waals surface area contributed by atoms with E-state index in [-0.39, 0.29) is 0 Å².